The Bertz CT molecular complexity index is 1450. The van der Waals surface area contributed by atoms with E-state index in [0.717, 1.165) is 32.1 Å². The highest BCUT2D eigenvalue weighted by Gasteiger charge is 2.27. The fourth-order valence-electron chi connectivity index (χ4n) is 11.9. The maximum Gasteiger partial charge on any atom is 0.472 e. The molecule has 0 saturated carbocycles. The SMILES string of the molecule is CCCCCCCCCC/C=C\CCCCCCCCCCCC(=O)OC(COC(=O)CCCCCCCCCCCCCCCCCCCCCCCCCCCCCCCCCCCCCCCCCCC)COP(=O)(O)OCC[N+](C)(C)C. The minimum absolute atomic E-state index is 0.0353. The molecule has 0 aromatic carbocycles. The summed E-state index contributed by atoms with van der Waals surface area (Å²) in [6, 6.07) is 0. The minimum Gasteiger partial charge on any atom is -0.462 e. The number of esters is 2. The van der Waals surface area contributed by atoms with E-state index in [9.17, 15) is 19.0 Å². The average Bonchev–Trinajstić information content (AvgIpc) is 3.67. The Kier molecular flexibility index (Phi) is 67.1. The van der Waals surface area contributed by atoms with Crippen LogP contribution in [-0.4, -0.2) is 74.9 Å². The van der Waals surface area contributed by atoms with Crippen molar-refractivity contribution in [2.75, 3.05) is 47.5 Å². The van der Waals surface area contributed by atoms with Crippen LogP contribution in [0, 0.1) is 0 Å². The number of quaternary nitrogens is 1. The van der Waals surface area contributed by atoms with Crippen molar-refractivity contribution in [2.24, 2.45) is 0 Å². The van der Waals surface area contributed by atoms with Crippen LogP contribution in [0.5, 0.6) is 0 Å². The number of hydrogen-bond donors (Lipinski definition) is 1. The van der Waals surface area contributed by atoms with Crippen LogP contribution >= 0.6 is 7.82 Å². The molecule has 0 aromatic rings. The lowest BCUT2D eigenvalue weighted by molar-refractivity contribution is -0.870. The molecule has 0 heterocycles. The molecule has 0 amide bonds. The summed E-state index contributed by atoms with van der Waals surface area (Å²) in [5.74, 6) is -0.775. The molecule has 512 valence electrons. The molecular weight excluding hydrogens is 1090 g/mol. The van der Waals surface area contributed by atoms with E-state index in [2.05, 4.69) is 26.0 Å². The predicted octanol–water partition coefficient (Wildman–Crippen LogP) is 25.1. The summed E-state index contributed by atoms with van der Waals surface area (Å²) in [6.07, 6.45) is 85.1. The maximum atomic E-state index is 12.9. The van der Waals surface area contributed by atoms with Crippen LogP contribution in [0.3, 0.4) is 0 Å². The highest BCUT2D eigenvalue weighted by Crippen LogP contribution is 2.43. The van der Waals surface area contributed by atoms with Crippen molar-refractivity contribution in [3.05, 3.63) is 12.2 Å². The molecule has 0 aliphatic carbocycles. The van der Waals surface area contributed by atoms with Gasteiger partial charge in [-0.2, -0.15) is 0 Å². The minimum atomic E-state index is -4.39. The summed E-state index contributed by atoms with van der Waals surface area (Å²) < 4.78 is 34.7. The molecule has 0 aliphatic rings. The molecule has 9 nitrogen and oxygen atoms in total. The van der Waals surface area contributed by atoms with Gasteiger partial charge in [-0.15, -0.1) is 0 Å². The third-order valence-corrected chi connectivity index (χ3v) is 18.8. The topological polar surface area (TPSA) is 108 Å². The Balaban J connectivity index is 3.83. The van der Waals surface area contributed by atoms with Crippen LogP contribution in [0.2, 0.25) is 0 Å². The molecule has 0 aromatic heterocycles. The summed E-state index contributed by atoms with van der Waals surface area (Å²) >= 11 is 0. The first-order valence-corrected chi connectivity index (χ1v) is 39.9. The van der Waals surface area contributed by atoms with Gasteiger partial charge in [-0.05, 0) is 38.5 Å². The number of carbonyl (C=O) groups excluding carboxylic acids is 2. The zero-order chi connectivity index (χ0) is 62.6. The van der Waals surface area contributed by atoms with E-state index in [1.165, 1.54) is 347 Å². The van der Waals surface area contributed by atoms with E-state index in [0.29, 0.717) is 23.9 Å². The first-order valence-electron chi connectivity index (χ1n) is 38.4. The van der Waals surface area contributed by atoms with Gasteiger partial charge in [0.1, 0.15) is 19.8 Å². The molecule has 0 aliphatic heterocycles. The number of hydrogen-bond acceptors (Lipinski definition) is 7. The Hall–Kier alpha value is -1.25. The highest BCUT2D eigenvalue weighted by molar-refractivity contribution is 7.47. The Morgan fingerprint density at radius 2 is 0.593 bits per heavy atom. The van der Waals surface area contributed by atoms with Gasteiger partial charge >= 0.3 is 19.8 Å². The van der Waals surface area contributed by atoms with Crippen LogP contribution in [-0.2, 0) is 32.7 Å². The third-order valence-electron chi connectivity index (χ3n) is 17.8. The van der Waals surface area contributed by atoms with Crippen LogP contribution < -0.4 is 0 Å². The Labute approximate surface area is 537 Å². The molecule has 1 N–H and O–H groups in total. The van der Waals surface area contributed by atoms with E-state index in [4.69, 9.17) is 18.5 Å². The largest absolute Gasteiger partial charge is 0.472 e. The van der Waals surface area contributed by atoms with Crippen molar-refractivity contribution in [1.82, 2.24) is 0 Å². The number of allylic oxidation sites excluding steroid dienone is 2. The lowest BCUT2D eigenvalue weighted by Gasteiger charge is -2.24. The van der Waals surface area contributed by atoms with Crippen molar-refractivity contribution < 1.29 is 42.1 Å². The van der Waals surface area contributed by atoms with Crippen LogP contribution in [0.15, 0.2) is 12.2 Å². The monoisotopic (exact) mass is 1240 g/mol. The van der Waals surface area contributed by atoms with Gasteiger partial charge in [0.05, 0.1) is 27.7 Å². The predicted molar refractivity (Wildman–Crippen MR) is 372 cm³/mol. The molecule has 10 heteroatoms. The van der Waals surface area contributed by atoms with Crippen molar-refractivity contribution >= 4 is 19.8 Å². The highest BCUT2D eigenvalue weighted by atomic mass is 31.2. The summed E-state index contributed by atoms with van der Waals surface area (Å²) in [5, 5.41) is 0. The maximum absolute atomic E-state index is 12.9. The van der Waals surface area contributed by atoms with Crippen molar-refractivity contribution in [1.29, 1.82) is 0 Å². The van der Waals surface area contributed by atoms with Gasteiger partial charge in [0.2, 0.25) is 0 Å². The van der Waals surface area contributed by atoms with E-state index >= 15 is 0 Å². The molecule has 0 spiro atoms. The molecule has 0 saturated heterocycles. The number of unbranched alkanes of at least 4 members (excludes halogenated alkanes) is 57. The van der Waals surface area contributed by atoms with Gasteiger partial charge in [0, 0.05) is 12.8 Å². The van der Waals surface area contributed by atoms with Gasteiger partial charge < -0.3 is 18.9 Å². The number of phosphoric acid groups is 1. The van der Waals surface area contributed by atoms with E-state index in [1.807, 2.05) is 21.1 Å². The second-order valence-corrected chi connectivity index (χ2v) is 29.2. The molecule has 2 atom stereocenters. The standard InChI is InChI=1S/C76H150NO8P/c1-6-8-10-12-14-16-18-20-22-24-26-28-29-30-31-32-33-34-35-36-37-38-39-40-41-42-43-44-45-46-47-49-50-52-54-56-58-60-62-64-66-68-75(78)82-72-74(73-84-86(80,81)83-71-70-77(3,4)5)85-76(79)69-67-65-63-61-59-57-55-53-51-48-27-25-23-21-19-17-15-13-11-9-7-2/h25,27,74H,6-24,26,28-73H2,1-5H3/p+1/b27-25-. The van der Waals surface area contributed by atoms with Crippen molar-refractivity contribution in [3.63, 3.8) is 0 Å². The number of rotatable bonds is 73. The summed E-state index contributed by atoms with van der Waals surface area (Å²) in [5.41, 5.74) is 0. The lowest BCUT2D eigenvalue weighted by atomic mass is 10.0. The number of nitrogens with zero attached hydrogens (tertiary/aromatic N) is 1. The first kappa shape index (κ1) is 84.8. The van der Waals surface area contributed by atoms with Crippen molar-refractivity contribution in [3.8, 4) is 0 Å². The van der Waals surface area contributed by atoms with Crippen molar-refractivity contribution in [2.45, 2.75) is 418 Å². The quantitative estimate of drug-likeness (QED) is 0.0211. The lowest BCUT2D eigenvalue weighted by Crippen LogP contribution is -2.37. The smallest absolute Gasteiger partial charge is 0.462 e. The fourth-order valence-corrected chi connectivity index (χ4v) is 12.6. The van der Waals surface area contributed by atoms with Gasteiger partial charge in [0.15, 0.2) is 6.10 Å². The summed E-state index contributed by atoms with van der Waals surface area (Å²) in [6.45, 7) is 4.51. The molecule has 2 unspecified atom stereocenters. The molecule has 0 rings (SSSR count). The normalized spacial score (nSPS) is 13.0. The molecule has 0 fully saturated rings. The second kappa shape index (κ2) is 68.1. The molecular formula is C76H151NO8P+. The number of ether oxygens (including phenoxy) is 2. The number of carbonyl (C=O) groups is 2. The van der Waals surface area contributed by atoms with Gasteiger partial charge in [-0.3, -0.25) is 18.6 Å². The number of likely N-dealkylation sites (N-methyl/N-ethyl adjacent to an activating group) is 1. The zero-order valence-corrected chi connectivity index (χ0v) is 59.5. The number of phosphoric ester groups is 1. The van der Waals surface area contributed by atoms with E-state index in [1.54, 1.807) is 0 Å². The average molecular weight is 1240 g/mol. The summed E-state index contributed by atoms with van der Waals surface area (Å²) in [7, 11) is 1.50. The first-order chi connectivity index (χ1) is 42.0. The van der Waals surface area contributed by atoms with E-state index in [-0.39, 0.29) is 25.6 Å². The van der Waals surface area contributed by atoms with Crippen LogP contribution in [0.1, 0.15) is 412 Å². The molecule has 0 bridgehead atoms. The van der Waals surface area contributed by atoms with Gasteiger partial charge in [-0.1, -0.05) is 373 Å². The fraction of sp³-hybridized carbons (Fsp3) is 0.947. The molecule has 86 heavy (non-hydrogen) atoms. The third kappa shape index (κ3) is 71.8. The van der Waals surface area contributed by atoms with Gasteiger partial charge in [-0.25, -0.2) is 4.57 Å². The van der Waals surface area contributed by atoms with Crippen LogP contribution in [0.25, 0.3) is 0 Å². The Morgan fingerprint density at radius 3 is 0.860 bits per heavy atom. The van der Waals surface area contributed by atoms with E-state index < -0.39 is 26.5 Å². The Morgan fingerprint density at radius 1 is 0.349 bits per heavy atom. The molecule has 0 radical (unpaired) electrons. The zero-order valence-electron chi connectivity index (χ0n) is 58.6. The summed E-state index contributed by atoms with van der Waals surface area (Å²) in [4.78, 5) is 35.9. The van der Waals surface area contributed by atoms with Gasteiger partial charge in [0.25, 0.3) is 0 Å². The second-order valence-electron chi connectivity index (χ2n) is 27.8. The van der Waals surface area contributed by atoms with Crippen LogP contribution in [0.4, 0.5) is 0 Å².